The van der Waals surface area contributed by atoms with Gasteiger partial charge in [-0.1, -0.05) is 48.5 Å². The molecule has 0 spiro atoms. The van der Waals surface area contributed by atoms with Gasteiger partial charge in [-0.3, -0.25) is 4.79 Å². The number of carbonyl (C=O) groups is 1. The fraction of sp³-hybridized carbons (Fsp3) is 0.200. The summed E-state index contributed by atoms with van der Waals surface area (Å²) in [5, 5.41) is 3.04. The molecular weight excluding hydrogens is 374 g/mol. The Hall–Kier alpha value is -3.60. The quantitative estimate of drug-likeness (QED) is 0.435. The number of hydrogen-bond donors (Lipinski definition) is 1. The molecule has 152 valence electrons. The van der Waals surface area contributed by atoms with Gasteiger partial charge < -0.3 is 14.6 Å². The van der Waals surface area contributed by atoms with E-state index in [1.807, 2.05) is 79.7 Å². The van der Waals surface area contributed by atoms with E-state index in [1.54, 1.807) is 0 Å². The number of carbonyl (C=O) groups excluding carboxylic acids is 1. The summed E-state index contributed by atoms with van der Waals surface area (Å²) in [5.41, 5.74) is 3.66. The van der Waals surface area contributed by atoms with Gasteiger partial charge in [0, 0.05) is 24.2 Å². The van der Waals surface area contributed by atoms with Gasteiger partial charge in [-0.15, -0.1) is 0 Å². The number of para-hydroxylation sites is 3. The predicted octanol–water partition coefficient (Wildman–Crippen LogP) is 4.74. The second-order valence-electron chi connectivity index (χ2n) is 7.17. The summed E-state index contributed by atoms with van der Waals surface area (Å²) < 4.78 is 8.02. The van der Waals surface area contributed by atoms with Crippen LogP contribution in [0.4, 0.5) is 0 Å². The van der Waals surface area contributed by atoms with Crippen LogP contribution in [0.25, 0.3) is 11.0 Å². The SMILES string of the molecule is Cc1nc2ccccc2n1CCCNC(=O)c1ccccc1COc1ccccc1. The van der Waals surface area contributed by atoms with Crippen LogP contribution in [0.3, 0.4) is 0 Å². The zero-order chi connectivity index (χ0) is 20.8. The number of nitrogens with one attached hydrogen (secondary N) is 1. The van der Waals surface area contributed by atoms with Crippen LogP contribution in [0.5, 0.6) is 5.75 Å². The largest absolute Gasteiger partial charge is 0.489 e. The Labute approximate surface area is 176 Å². The molecule has 0 bridgehead atoms. The van der Waals surface area contributed by atoms with Crippen molar-refractivity contribution < 1.29 is 9.53 Å². The maximum atomic E-state index is 12.7. The van der Waals surface area contributed by atoms with Gasteiger partial charge in [0.05, 0.1) is 11.0 Å². The molecule has 4 aromatic rings. The van der Waals surface area contributed by atoms with E-state index < -0.39 is 0 Å². The van der Waals surface area contributed by atoms with Crippen molar-refractivity contribution in [2.45, 2.75) is 26.5 Å². The molecule has 1 aromatic heterocycles. The summed E-state index contributed by atoms with van der Waals surface area (Å²) in [6.07, 6.45) is 0.829. The van der Waals surface area contributed by atoms with Gasteiger partial charge >= 0.3 is 0 Å². The van der Waals surface area contributed by atoms with Crippen molar-refractivity contribution in [3.8, 4) is 5.75 Å². The van der Waals surface area contributed by atoms with E-state index in [1.165, 1.54) is 0 Å². The molecule has 0 saturated carbocycles. The predicted molar refractivity (Wildman–Crippen MR) is 119 cm³/mol. The first-order valence-electron chi connectivity index (χ1n) is 10.2. The Bertz CT molecular complexity index is 1140. The second kappa shape index (κ2) is 9.27. The van der Waals surface area contributed by atoms with Gasteiger partial charge in [-0.2, -0.15) is 0 Å². The van der Waals surface area contributed by atoms with Crippen molar-refractivity contribution in [1.82, 2.24) is 14.9 Å². The summed E-state index contributed by atoms with van der Waals surface area (Å²) in [7, 11) is 0. The molecule has 0 saturated heterocycles. The minimum atomic E-state index is -0.0746. The monoisotopic (exact) mass is 399 g/mol. The number of fused-ring (bicyclic) bond motifs is 1. The first-order valence-corrected chi connectivity index (χ1v) is 10.2. The van der Waals surface area contributed by atoms with E-state index in [4.69, 9.17) is 4.74 Å². The number of aryl methyl sites for hydroxylation is 2. The molecule has 0 aliphatic rings. The number of hydrogen-bond acceptors (Lipinski definition) is 3. The van der Waals surface area contributed by atoms with E-state index in [2.05, 4.69) is 20.9 Å². The Morgan fingerprint density at radius 2 is 1.70 bits per heavy atom. The van der Waals surface area contributed by atoms with Crippen LogP contribution < -0.4 is 10.1 Å². The van der Waals surface area contributed by atoms with E-state index in [0.29, 0.717) is 18.7 Å². The molecule has 0 aliphatic heterocycles. The van der Waals surface area contributed by atoms with Gasteiger partial charge in [0.25, 0.3) is 5.91 Å². The Kier molecular flexibility index (Phi) is 6.09. The molecule has 1 amide bonds. The van der Waals surface area contributed by atoms with Crippen molar-refractivity contribution in [2.75, 3.05) is 6.54 Å². The fourth-order valence-electron chi connectivity index (χ4n) is 3.56. The van der Waals surface area contributed by atoms with Gasteiger partial charge in [0.2, 0.25) is 0 Å². The minimum Gasteiger partial charge on any atom is -0.489 e. The third kappa shape index (κ3) is 4.51. The van der Waals surface area contributed by atoms with Crippen LogP contribution in [0.2, 0.25) is 0 Å². The van der Waals surface area contributed by atoms with Crippen molar-refractivity contribution >= 4 is 16.9 Å². The normalized spacial score (nSPS) is 10.8. The van der Waals surface area contributed by atoms with Gasteiger partial charge in [-0.05, 0) is 43.7 Å². The number of aromatic nitrogens is 2. The molecular formula is C25H25N3O2. The molecule has 0 atom stereocenters. The fourth-order valence-corrected chi connectivity index (χ4v) is 3.56. The van der Waals surface area contributed by atoms with Crippen LogP contribution in [0.1, 0.15) is 28.2 Å². The molecule has 1 N–H and O–H groups in total. The number of rotatable bonds is 8. The summed E-state index contributed by atoms with van der Waals surface area (Å²) >= 11 is 0. The highest BCUT2D eigenvalue weighted by Crippen LogP contribution is 2.16. The number of imidazole rings is 1. The highest BCUT2D eigenvalue weighted by atomic mass is 16.5. The van der Waals surface area contributed by atoms with Crippen LogP contribution in [0, 0.1) is 6.92 Å². The molecule has 30 heavy (non-hydrogen) atoms. The van der Waals surface area contributed by atoms with Crippen molar-refractivity contribution in [3.05, 3.63) is 95.8 Å². The minimum absolute atomic E-state index is 0.0746. The second-order valence-corrected chi connectivity index (χ2v) is 7.17. The van der Waals surface area contributed by atoms with Gasteiger partial charge in [0.1, 0.15) is 18.2 Å². The molecule has 5 nitrogen and oxygen atoms in total. The number of ether oxygens (including phenoxy) is 1. The van der Waals surface area contributed by atoms with Crippen LogP contribution in [-0.4, -0.2) is 22.0 Å². The lowest BCUT2D eigenvalue weighted by Crippen LogP contribution is -2.26. The van der Waals surface area contributed by atoms with E-state index in [-0.39, 0.29) is 5.91 Å². The highest BCUT2D eigenvalue weighted by Gasteiger charge is 2.11. The third-order valence-electron chi connectivity index (χ3n) is 5.09. The average Bonchev–Trinajstić information content (AvgIpc) is 3.11. The first-order chi connectivity index (χ1) is 14.7. The average molecular weight is 399 g/mol. The van der Waals surface area contributed by atoms with E-state index in [9.17, 15) is 4.79 Å². The smallest absolute Gasteiger partial charge is 0.251 e. The van der Waals surface area contributed by atoms with Crippen LogP contribution in [0.15, 0.2) is 78.9 Å². The highest BCUT2D eigenvalue weighted by molar-refractivity contribution is 5.95. The summed E-state index contributed by atoms with van der Waals surface area (Å²) in [6.45, 7) is 3.78. The molecule has 0 aliphatic carbocycles. The Morgan fingerprint density at radius 3 is 2.57 bits per heavy atom. The summed E-state index contributed by atoms with van der Waals surface area (Å²) in [5.74, 6) is 1.70. The first kappa shape index (κ1) is 19.7. The van der Waals surface area contributed by atoms with Crippen molar-refractivity contribution in [1.29, 1.82) is 0 Å². The maximum Gasteiger partial charge on any atom is 0.251 e. The van der Waals surface area contributed by atoms with Gasteiger partial charge in [-0.25, -0.2) is 4.98 Å². The lowest BCUT2D eigenvalue weighted by atomic mass is 10.1. The number of benzene rings is 3. The molecule has 4 rings (SSSR count). The lowest BCUT2D eigenvalue weighted by molar-refractivity contribution is 0.0950. The molecule has 3 aromatic carbocycles. The topological polar surface area (TPSA) is 56.2 Å². The van der Waals surface area contributed by atoms with E-state index >= 15 is 0 Å². The van der Waals surface area contributed by atoms with Crippen LogP contribution >= 0.6 is 0 Å². The van der Waals surface area contributed by atoms with Gasteiger partial charge in [0.15, 0.2) is 0 Å². The Morgan fingerprint density at radius 1 is 0.967 bits per heavy atom. The number of amides is 1. The molecule has 0 fully saturated rings. The molecule has 0 unspecified atom stereocenters. The maximum absolute atomic E-state index is 12.7. The summed E-state index contributed by atoms with van der Waals surface area (Å²) in [4.78, 5) is 17.3. The molecule has 1 heterocycles. The van der Waals surface area contributed by atoms with Crippen LogP contribution in [-0.2, 0) is 13.2 Å². The van der Waals surface area contributed by atoms with Crippen molar-refractivity contribution in [3.63, 3.8) is 0 Å². The number of nitrogens with zero attached hydrogens (tertiary/aromatic N) is 2. The standard InChI is InChI=1S/C25H25N3O2/c1-19-27-23-14-7-8-15-24(23)28(19)17-9-16-26-25(29)22-13-6-5-10-20(22)18-30-21-11-3-2-4-12-21/h2-8,10-15H,9,16-18H2,1H3,(H,26,29). The molecule has 5 heteroatoms. The molecule has 0 radical (unpaired) electrons. The third-order valence-corrected chi connectivity index (χ3v) is 5.09. The zero-order valence-corrected chi connectivity index (χ0v) is 17.0. The zero-order valence-electron chi connectivity index (χ0n) is 17.0. The van der Waals surface area contributed by atoms with E-state index in [0.717, 1.165) is 41.1 Å². The Balaban J connectivity index is 1.33. The lowest BCUT2D eigenvalue weighted by Gasteiger charge is -2.12. The van der Waals surface area contributed by atoms with Crippen molar-refractivity contribution in [2.24, 2.45) is 0 Å². The summed E-state index contributed by atoms with van der Waals surface area (Å²) in [6, 6.07) is 25.3.